The lowest BCUT2D eigenvalue weighted by atomic mass is 9.98. The molecule has 1 aromatic rings. The number of hydrogen-bond donors (Lipinski definition) is 1. The van der Waals surface area contributed by atoms with Crippen molar-refractivity contribution in [3.8, 4) is 0 Å². The zero-order chi connectivity index (χ0) is 13.3. The Kier molecular flexibility index (Phi) is 4.23. The average molecular weight is 277 g/mol. The zero-order valence-electron chi connectivity index (χ0n) is 10.1. The summed E-state index contributed by atoms with van der Waals surface area (Å²) >= 11 is 5.83. The number of hydrogen-bond acceptors (Lipinski definition) is 3. The van der Waals surface area contributed by atoms with Gasteiger partial charge in [-0.05, 0) is 38.0 Å². The molecule has 5 heteroatoms. The van der Waals surface area contributed by atoms with Gasteiger partial charge in [-0.15, -0.1) is 0 Å². The molecule has 0 aromatic heterocycles. The lowest BCUT2D eigenvalue weighted by Crippen LogP contribution is -2.44. The molecule has 0 aliphatic rings. The van der Waals surface area contributed by atoms with Crippen LogP contribution in [0.1, 0.15) is 19.4 Å². The largest absolute Gasteiger partial charge is 0.391 e. The molecule has 0 aliphatic heterocycles. The number of sulfone groups is 1. The first kappa shape index (κ1) is 14.5. The van der Waals surface area contributed by atoms with Crippen LogP contribution in [0.15, 0.2) is 24.3 Å². The fourth-order valence-corrected chi connectivity index (χ4v) is 2.17. The van der Waals surface area contributed by atoms with E-state index in [9.17, 15) is 13.5 Å². The van der Waals surface area contributed by atoms with Crippen molar-refractivity contribution in [1.82, 2.24) is 0 Å². The highest BCUT2D eigenvalue weighted by atomic mass is 35.5. The molecule has 0 bridgehead atoms. The van der Waals surface area contributed by atoms with Crippen LogP contribution in [0, 0.1) is 0 Å². The maximum Gasteiger partial charge on any atom is 0.155 e. The molecule has 1 rings (SSSR count). The SMILES string of the molecule is CC(C)(C(O)Cc1cccc(Cl)c1)S(C)(=O)=O. The van der Waals surface area contributed by atoms with E-state index in [4.69, 9.17) is 11.6 Å². The predicted molar refractivity (Wildman–Crippen MR) is 70.1 cm³/mol. The fraction of sp³-hybridized carbons (Fsp3) is 0.500. The Labute approximate surface area is 107 Å². The molecule has 96 valence electrons. The van der Waals surface area contributed by atoms with Gasteiger partial charge in [0.15, 0.2) is 9.84 Å². The molecule has 0 aliphatic carbocycles. The molecule has 0 saturated heterocycles. The van der Waals surface area contributed by atoms with E-state index in [1.165, 1.54) is 13.8 Å². The number of benzene rings is 1. The number of rotatable bonds is 4. The van der Waals surface area contributed by atoms with Crippen molar-refractivity contribution in [2.24, 2.45) is 0 Å². The molecule has 1 N–H and O–H groups in total. The van der Waals surface area contributed by atoms with E-state index in [2.05, 4.69) is 0 Å². The molecular weight excluding hydrogens is 260 g/mol. The second-order valence-corrected chi connectivity index (χ2v) is 7.76. The van der Waals surface area contributed by atoms with Gasteiger partial charge in [0.2, 0.25) is 0 Å². The van der Waals surface area contributed by atoms with E-state index in [1.807, 2.05) is 6.07 Å². The number of halogens is 1. The third-order valence-electron chi connectivity index (χ3n) is 3.08. The topological polar surface area (TPSA) is 54.4 Å². The smallest absolute Gasteiger partial charge is 0.155 e. The monoisotopic (exact) mass is 276 g/mol. The molecular formula is C12H17ClO3S. The Balaban J connectivity index is 2.90. The molecule has 0 amide bonds. The standard InChI is InChI=1S/C12H17ClO3S/c1-12(2,17(3,15)16)11(14)8-9-5-4-6-10(13)7-9/h4-7,11,14H,8H2,1-3H3. The molecule has 17 heavy (non-hydrogen) atoms. The summed E-state index contributed by atoms with van der Waals surface area (Å²) in [5, 5.41) is 10.6. The minimum Gasteiger partial charge on any atom is -0.391 e. The van der Waals surface area contributed by atoms with E-state index in [-0.39, 0.29) is 6.42 Å². The number of aliphatic hydroxyl groups is 1. The van der Waals surface area contributed by atoms with Crippen molar-refractivity contribution < 1.29 is 13.5 Å². The lowest BCUT2D eigenvalue weighted by molar-refractivity contribution is 0.138. The molecule has 1 unspecified atom stereocenters. The zero-order valence-corrected chi connectivity index (χ0v) is 11.7. The van der Waals surface area contributed by atoms with Crippen molar-refractivity contribution in [2.75, 3.05) is 6.26 Å². The van der Waals surface area contributed by atoms with E-state index >= 15 is 0 Å². The Morgan fingerprint density at radius 2 is 2.00 bits per heavy atom. The van der Waals surface area contributed by atoms with Crippen LogP contribution in [0.25, 0.3) is 0 Å². The van der Waals surface area contributed by atoms with Crippen LogP contribution in [0.4, 0.5) is 0 Å². The summed E-state index contributed by atoms with van der Waals surface area (Å²) in [5.74, 6) is 0. The highest BCUT2D eigenvalue weighted by Crippen LogP contribution is 2.23. The summed E-state index contributed by atoms with van der Waals surface area (Å²) in [6.07, 6.45) is 0.436. The lowest BCUT2D eigenvalue weighted by Gasteiger charge is -2.28. The van der Waals surface area contributed by atoms with Gasteiger partial charge in [-0.25, -0.2) is 8.42 Å². The maximum absolute atomic E-state index is 11.6. The Bertz CT molecular complexity index is 494. The van der Waals surface area contributed by atoms with Crippen LogP contribution >= 0.6 is 11.6 Å². The first-order valence-electron chi connectivity index (χ1n) is 5.26. The van der Waals surface area contributed by atoms with E-state index in [0.29, 0.717) is 5.02 Å². The van der Waals surface area contributed by atoms with E-state index in [1.54, 1.807) is 18.2 Å². The fourth-order valence-electron chi connectivity index (χ4n) is 1.38. The van der Waals surface area contributed by atoms with Gasteiger partial charge >= 0.3 is 0 Å². The average Bonchev–Trinajstić information content (AvgIpc) is 2.15. The highest BCUT2D eigenvalue weighted by molar-refractivity contribution is 7.92. The highest BCUT2D eigenvalue weighted by Gasteiger charge is 2.37. The molecule has 0 saturated carbocycles. The Hall–Kier alpha value is -0.580. The van der Waals surface area contributed by atoms with Crippen LogP contribution in [0.2, 0.25) is 5.02 Å². The molecule has 0 radical (unpaired) electrons. The third kappa shape index (κ3) is 3.44. The van der Waals surface area contributed by atoms with Crippen molar-refractivity contribution in [1.29, 1.82) is 0 Å². The van der Waals surface area contributed by atoms with Gasteiger partial charge in [-0.3, -0.25) is 0 Å². The van der Waals surface area contributed by atoms with Crippen LogP contribution in [-0.2, 0) is 16.3 Å². The van der Waals surface area contributed by atoms with Gasteiger partial charge in [0.05, 0.1) is 10.9 Å². The van der Waals surface area contributed by atoms with Crippen molar-refractivity contribution >= 4 is 21.4 Å². The van der Waals surface area contributed by atoms with Crippen LogP contribution in [-0.4, -0.2) is 30.6 Å². The molecule has 0 heterocycles. The van der Waals surface area contributed by atoms with Gasteiger partial charge in [0.25, 0.3) is 0 Å². The van der Waals surface area contributed by atoms with Crippen LogP contribution in [0.3, 0.4) is 0 Å². The third-order valence-corrected chi connectivity index (χ3v) is 5.49. The summed E-state index contributed by atoms with van der Waals surface area (Å²) < 4.78 is 22.0. The van der Waals surface area contributed by atoms with Gasteiger partial charge in [-0.2, -0.15) is 0 Å². The van der Waals surface area contributed by atoms with E-state index in [0.717, 1.165) is 11.8 Å². The first-order chi connectivity index (χ1) is 7.64. The second kappa shape index (κ2) is 4.96. The normalized spacial score (nSPS) is 14.6. The van der Waals surface area contributed by atoms with Gasteiger partial charge in [0.1, 0.15) is 0 Å². The van der Waals surface area contributed by atoms with Gasteiger partial charge in [0, 0.05) is 11.3 Å². The molecule has 1 aromatic carbocycles. The Morgan fingerprint density at radius 1 is 1.41 bits per heavy atom. The minimum absolute atomic E-state index is 0.265. The molecule has 0 spiro atoms. The molecule has 3 nitrogen and oxygen atoms in total. The van der Waals surface area contributed by atoms with Gasteiger partial charge in [-0.1, -0.05) is 23.7 Å². The summed E-state index contributed by atoms with van der Waals surface area (Å²) in [7, 11) is -3.31. The van der Waals surface area contributed by atoms with Crippen molar-refractivity contribution in [2.45, 2.75) is 31.1 Å². The van der Waals surface area contributed by atoms with Crippen LogP contribution < -0.4 is 0 Å². The summed E-state index contributed by atoms with van der Waals surface area (Å²) in [6.45, 7) is 3.05. The quantitative estimate of drug-likeness (QED) is 0.916. The Morgan fingerprint density at radius 3 is 2.47 bits per heavy atom. The predicted octanol–water partition coefficient (Wildman–Crippen LogP) is 2.07. The van der Waals surface area contributed by atoms with Crippen LogP contribution in [0.5, 0.6) is 0 Å². The molecule has 1 atom stereocenters. The van der Waals surface area contributed by atoms with Crippen molar-refractivity contribution in [3.05, 3.63) is 34.9 Å². The summed E-state index contributed by atoms with van der Waals surface area (Å²) in [4.78, 5) is 0. The number of aliphatic hydroxyl groups excluding tert-OH is 1. The van der Waals surface area contributed by atoms with Gasteiger partial charge < -0.3 is 5.11 Å². The second-order valence-electron chi connectivity index (χ2n) is 4.73. The first-order valence-corrected chi connectivity index (χ1v) is 7.53. The maximum atomic E-state index is 11.6. The van der Waals surface area contributed by atoms with E-state index < -0.39 is 20.7 Å². The minimum atomic E-state index is -3.31. The molecule has 0 fully saturated rings. The summed E-state index contributed by atoms with van der Waals surface area (Å²) in [5.41, 5.74) is 0.821. The van der Waals surface area contributed by atoms with Crippen molar-refractivity contribution in [3.63, 3.8) is 0 Å². The summed E-state index contributed by atoms with van der Waals surface area (Å²) in [6, 6.07) is 7.05.